The molecule has 0 radical (unpaired) electrons. The van der Waals surface area contributed by atoms with Crippen LogP contribution in [0.4, 0.5) is 5.88 Å². The molecule has 2 heterocycles. The van der Waals surface area contributed by atoms with E-state index in [1.54, 1.807) is 6.92 Å². The van der Waals surface area contributed by atoms with Gasteiger partial charge in [0.2, 0.25) is 0 Å². The predicted molar refractivity (Wildman–Crippen MR) is 77.0 cm³/mol. The molecule has 7 nitrogen and oxygen atoms in total. The smallest absolute Gasteiger partial charge is 0.271 e. The van der Waals surface area contributed by atoms with Gasteiger partial charge in [-0.2, -0.15) is 0 Å². The zero-order valence-electron chi connectivity index (χ0n) is 11.1. The van der Waals surface area contributed by atoms with Crippen LogP contribution >= 0.6 is 23.2 Å². The molecule has 0 atom stereocenters. The Bertz CT molecular complexity index is 748. The standard InChI is InChI=1S/C11H11Cl2N3O4S/c1-7-9(12)11(20-15-7)16(6-19-2)21(17,18)8-4-3-5-14-10(8)13/h3-5H,6H2,1-2H3. The average molecular weight is 352 g/mol. The summed E-state index contributed by atoms with van der Waals surface area (Å²) in [5.41, 5.74) is 0.361. The first kappa shape index (κ1) is 16.0. The maximum atomic E-state index is 12.7. The van der Waals surface area contributed by atoms with Crippen LogP contribution in [0.1, 0.15) is 5.69 Å². The van der Waals surface area contributed by atoms with Crippen LogP contribution in [0.3, 0.4) is 0 Å². The van der Waals surface area contributed by atoms with Crippen molar-refractivity contribution in [2.75, 3.05) is 18.1 Å². The van der Waals surface area contributed by atoms with Crippen molar-refractivity contribution < 1.29 is 17.7 Å². The molecule has 0 amide bonds. The number of methoxy groups -OCH3 is 1. The number of rotatable bonds is 5. The number of aromatic nitrogens is 2. The normalized spacial score (nSPS) is 11.6. The first-order chi connectivity index (χ1) is 9.89. The molecule has 10 heteroatoms. The zero-order chi connectivity index (χ0) is 15.6. The number of hydrogen-bond acceptors (Lipinski definition) is 6. The Balaban J connectivity index is 2.57. The second-order valence-corrected chi connectivity index (χ2v) is 6.52. The molecule has 0 unspecified atom stereocenters. The number of halogens is 2. The third-order valence-corrected chi connectivity index (χ3v) is 5.13. The highest BCUT2D eigenvalue weighted by molar-refractivity contribution is 7.93. The summed E-state index contributed by atoms with van der Waals surface area (Å²) in [6.07, 6.45) is 1.38. The molecule has 0 bridgehead atoms. The topological polar surface area (TPSA) is 85.5 Å². The Kier molecular flexibility index (Phi) is 4.72. The molecule has 2 aromatic heterocycles. The molecule has 114 valence electrons. The third kappa shape index (κ3) is 2.98. The summed E-state index contributed by atoms with van der Waals surface area (Å²) in [4.78, 5) is 3.56. The molecule has 0 aliphatic carbocycles. The predicted octanol–water partition coefficient (Wildman–Crippen LogP) is 2.48. The van der Waals surface area contributed by atoms with Gasteiger partial charge in [0, 0.05) is 13.3 Å². The number of nitrogens with zero attached hydrogens (tertiary/aromatic N) is 3. The monoisotopic (exact) mass is 351 g/mol. The lowest BCUT2D eigenvalue weighted by Gasteiger charge is -2.20. The van der Waals surface area contributed by atoms with Gasteiger partial charge in [0.15, 0.2) is 0 Å². The molecule has 21 heavy (non-hydrogen) atoms. The lowest BCUT2D eigenvalue weighted by atomic mass is 10.5. The minimum atomic E-state index is -4.06. The minimum absolute atomic E-state index is 0.0793. The van der Waals surface area contributed by atoms with Crippen LogP contribution in [0, 0.1) is 6.92 Å². The zero-order valence-corrected chi connectivity index (χ0v) is 13.4. The minimum Gasteiger partial charge on any atom is -0.363 e. The average Bonchev–Trinajstić information content (AvgIpc) is 2.76. The van der Waals surface area contributed by atoms with Gasteiger partial charge in [-0.1, -0.05) is 28.4 Å². The molecule has 0 aliphatic heterocycles. The summed E-state index contributed by atoms with van der Waals surface area (Å²) in [5, 5.41) is 3.55. The van der Waals surface area contributed by atoms with Gasteiger partial charge in [-0.05, 0) is 19.1 Å². The molecular formula is C11H11Cl2N3O4S. The van der Waals surface area contributed by atoms with E-state index in [-0.39, 0.29) is 27.7 Å². The summed E-state index contributed by atoms with van der Waals surface area (Å²) in [6.45, 7) is 1.27. The van der Waals surface area contributed by atoms with E-state index >= 15 is 0 Å². The third-order valence-electron chi connectivity index (χ3n) is 2.54. The Labute approximate surface area is 131 Å². The highest BCUT2D eigenvalue weighted by Crippen LogP contribution is 2.33. The summed E-state index contributed by atoms with van der Waals surface area (Å²) < 4.78 is 36.1. The Morgan fingerprint density at radius 3 is 2.67 bits per heavy atom. The van der Waals surface area contributed by atoms with E-state index in [9.17, 15) is 8.42 Å². The molecule has 2 aromatic rings. The fourth-order valence-corrected chi connectivity index (χ4v) is 3.51. The van der Waals surface area contributed by atoms with Gasteiger partial charge >= 0.3 is 0 Å². The van der Waals surface area contributed by atoms with Gasteiger partial charge < -0.3 is 9.26 Å². The van der Waals surface area contributed by atoms with Crippen molar-refractivity contribution in [2.24, 2.45) is 0 Å². The molecular weight excluding hydrogens is 341 g/mol. The van der Waals surface area contributed by atoms with E-state index in [2.05, 4.69) is 10.1 Å². The fourth-order valence-electron chi connectivity index (χ4n) is 1.54. The molecule has 0 saturated heterocycles. The summed E-state index contributed by atoms with van der Waals surface area (Å²) in [5.74, 6) is -0.143. The van der Waals surface area contributed by atoms with Gasteiger partial charge in [-0.3, -0.25) is 0 Å². The number of aryl methyl sites for hydroxylation is 1. The van der Waals surface area contributed by atoms with Crippen molar-refractivity contribution in [1.29, 1.82) is 0 Å². The fraction of sp³-hybridized carbons (Fsp3) is 0.273. The SMILES string of the molecule is COCN(c1onc(C)c1Cl)S(=O)(=O)c1cccnc1Cl. The molecule has 2 rings (SSSR count). The van der Waals surface area contributed by atoms with E-state index in [0.717, 1.165) is 4.31 Å². The molecule has 0 N–H and O–H groups in total. The second kappa shape index (κ2) is 6.18. The van der Waals surface area contributed by atoms with Crippen LogP contribution in [0.15, 0.2) is 27.7 Å². The molecule has 0 saturated carbocycles. The van der Waals surface area contributed by atoms with Crippen molar-refractivity contribution in [3.05, 3.63) is 34.2 Å². The summed E-state index contributed by atoms with van der Waals surface area (Å²) in [6, 6.07) is 2.78. The van der Waals surface area contributed by atoms with Crippen LogP contribution in [-0.4, -0.2) is 32.4 Å². The molecule has 0 aromatic carbocycles. The largest absolute Gasteiger partial charge is 0.363 e. The molecule has 0 aliphatic rings. The highest BCUT2D eigenvalue weighted by atomic mass is 35.5. The van der Waals surface area contributed by atoms with Crippen LogP contribution in [0.5, 0.6) is 0 Å². The van der Waals surface area contributed by atoms with Crippen LogP contribution in [0.2, 0.25) is 10.2 Å². The van der Waals surface area contributed by atoms with E-state index in [4.69, 9.17) is 32.5 Å². The first-order valence-electron chi connectivity index (χ1n) is 5.63. The van der Waals surface area contributed by atoms with Crippen LogP contribution < -0.4 is 4.31 Å². The number of anilines is 1. The van der Waals surface area contributed by atoms with Crippen molar-refractivity contribution in [2.45, 2.75) is 11.8 Å². The maximum Gasteiger partial charge on any atom is 0.271 e. The first-order valence-corrected chi connectivity index (χ1v) is 7.83. The van der Waals surface area contributed by atoms with Crippen molar-refractivity contribution in [3.63, 3.8) is 0 Å². The number of sulfonamides is 1. The molecule has 0 fully saturated rings. The quantitative estimate of drug-likeness (QED) is 0.607. The lowest BCUT2D eigenvalue weighted by Crippen LogP contribution is -2.33. The number of pyridine rings is 1. The van der Waals surface area contributed by atoms with Crippen LogP contribution in [-0.2, 0) is 14.8 Å². The van der Waals surface area contributed by atoms with Crippen molar-refractivity contribution in [3.8, 4) is 0 Å². The lowest BCUT2D eigenvalue weighted by molar-refractivity contribution is 0.205. The highest BCUT2D eigenvalue weighted by Gasteiger charge is 2.32. The Morgan fingerprint density at radius 1 is 1.43 bits per heavy atom. The second-order valence-electron chi connectivity index (χ2n) is 3.95. The summed E-state index contributed by atoms with van der Waals surface area (Å²) in [7, 11) is -2.72. The van der Waals surface area contributed by atoms with Crippen LogP contribution in [0.25, 0.3) is 0 Å². The van der Waals surface area contributed by atoms with Gasteiger partial charge in [0.1, 0.15) is 27.5 Å². The van der Waals surface area contributed by atoms with Gasteiger partial charge in [0.25, 0.3) is 15.9 Å². The van der Waals surface area contributed by atoms with Crippen molar-refractivity contribution in [1.82, 2.24) is 10.1 Å². The number of hydrogen-bond donors (Lipinski definition) is 0. The van der Waals surface area contributed by atoms with E-state index in [0.29, 0.717) is 5.69 Å². The van der Waals surface area contributed by atoms with E-state index in [1.807, 2.05) is 0 Å². The Hall–Kier alpha value is -1.35. The summed E-state index contributed by atoms with van der Waals surface area (Å²) >= 11 is 11.9. The number of ether oxygens (including phenoxy) is 1. The molecule has 0 spiro atoms. The van der Waals surface area contributed by atoms with Crippen molar-refractivity contribution >= 4 is 39.1 Å². The Morgan fingerprint density at radius 2 is 2.14 bits per heavy atom. The van der Waals surface area contributed by atoms with E-state index < -0.39 is 10.0 Å². The maximum absolute atomic E-state index is 12.7. The van der Waals surface area contributed by atoms with Gasteiger partial charge in [-0.25, -0.2) is 17.7 Å². The van der Waals surface area contributed by atoms with Gasteiger partial charge in [0.05, 0.1) is 0 Å². The van der Waals surface area contributed by atoms with Gasteiger partial charge in [-0.15, -0.1) is 0 Å². The van der Waals surface area contributed by atoms with E-state index in [1.165, 1.54) is 25.4 Å².